The number of nitrogens with zero attached hydrogens (tertiary/aromatic N) is 1. The Balaban J connectivity index is 1.80. The molecule has 3 rings (SSSR count). The number of benzene rings is 1. The van der Waals surface area contributed by atoms with E-state index in [1.807, 2.05) is 18.2 Å². The van der Waals surface area contributed by atoms with Crippen LogP contribution in [-0.2, 0) is 0 Å². The highest BCUT2D eigenvalue weighted by Crippen LogP contribution is 2.27. The summed E-state index contributed by atoms with van der Waals surface area (Å²) in [6.07, 6.45) is 3.84. The van der Waals surface area contributed by atoms with Crippen molar-refractivity contribution in [1.82, 2.24) is 15.6 Å². The number of carbonyl (C=O) groups is 1. The summed E-state index contributed by atoms with van der Waals surface area (Å²) in [5, 5.41) is 7.85. The summed E-state index contributed by atoms with van der Waals surface area (Å²) in [5.41, 5.74) is 1.39. The van der Waals surface area contributed by atoms with Crippen molar-refractivity contribution >= 4 is 28.4 Å². The summed E-state index contributed by atoms with van der Waals surface area (Å²) in [6, 6.07) is 7.28. The van der Waals surface area contributed by atoms with Crippen LogP contribution in [0, 0.1) is 5.41 Å². The Bertz CT molecular complexity index is 695. The monoisotopic (exact) mass is 317 g/mol. The zero-order valence-electron chi connectivity index (χ0n) is 12.7. The van der Waals surface area contributed by atoms with Crippen LogP contribution in [0.5, 0.6) is 0 Å². The van der Waals surface area contributed by atoms with Crippen molar-refractivity contribution in [3.8, 4) is 0 Å². The number of amides is 1. The van der Waals surface area contributed by atoms with Gasteiger partial charge in [0.1, 0.15) is 0 Å². The van der Waals surface area contributed by atoms with Crippen LogP contribution in [-0.4, -0.2) is 30.5 Å². The Morgan fingerprint density at radius 2 is 2.18 bits per heavy atom. The van der Waals surface area contributed by atoms with Gasteiger partial charge in [-0.15, -0.1) is 0 Å². The molecule has 0 spiro atoms. The summed E-state index contributed by atoms with van der Waals surface area (Å²) in [5.74, 6) is -0.106. The Morgan fingerprint density at radius 1 is 1.41 bits per heavy atom. The Morgan fingerprint density at radius 3 is 2.95 bits per heavy atom. The third-order valence-corrected chi connectivity index (χ3v) is 4.62. The van der Waals surface area contributed by atoms with Crippen LogP contribution < -0.4 is 10.6 Å². The van der Waals surface area contributed by atoms with E-state index in [1.165, 1.54) is 0 Å². The van der Waals surface area contributed by atoms with Crippen molar-refractivity contribution in [2.24, 2.45) is 5.41 Å². The number of piperidine rings is 1. The molecule has 1 aromatic heterocycles. The fraction of sp³-hybridized carbons (Fsp3) is 0.412. The average molecular weight is 318 g/mol. The summed E-state index contributed by atoms with van der Waals surface area (Å²) in [6.45, 7) is 4.92. The molecular weight excluding hydrogens is 298 g/mol. The molecule has 0 unspecified atom stereocenters. The first-order valence-electron chi connectivity index (χ1n) is 7.61. The molecule has 1 fully saturated rings. The van der Waals surface area contributed by atoms with E-state index in [9.17, 15) is 4.79 Å². The maximum Gasteiger partial charge on any atom is 0.253 e. The second kappa shape index (κ2) is 6.23. The predicted molar refractivity (Wildman–Crippen MR) is 89.3 cm³/mol. The summed E-state index contributed by atoms with van der Waals surface area (Å²) in [4.78, 5) is 16.9. The molecule has 1 aromatic carbocycles. The average Bonchev–Trinajstić information content (AvgIpc) is 2.52. The molecule has 22 heavy (non-hydrogen) atoms. The first-order valence-corrected chi connectivity index (χ1v) is 7.98. The molecule has 2 N–H and O–H groups in total. The van der Waals surface area contributed by atoms with Crippen LogP contribution in [0.25, 0.3) is 10.9 Å². The highest BCUT2D eigenvalue weighted by atomic mass is 35.5. The minimum Gasteiger partial charge on any atom is -0.351 e. The number of hydrogen-bond donors (Lipinski definition) is 2. The molecule has 116 valence electrons. The lowest BCUT2D eigenvalue weighted by molar-refractivity contribution is 0.0924. The van der Waals surface area contributed by atoms with E-state index in [4.69, 9.17) is 11.6 Å². The van der Waals surface area contributed by atoms with Crippen LogP contribution in [0.3, 0.4) is 0 Å². The number of carbonyl (C=O) groups excluding carboxylic acids is 1. The van der Waals surface area contributed by atoms with E-state index >= 15 is 0 Å². The van der Waals surface area contributed by atoms with E-state index in [2.05, 4.69) is 22.5 Å². The summed E-state index contributed by atoms with van der Waals surface area (Å²) >= 11 is 6.13. The molecule has 2 heterocycles. The number of pyridine rings is 1. The Labute approximate surface area is 135 Å². The second-order valence-electron chi connectivity index (χ2n) is 6.27. The third kappa shape index (κ3) is 3.23. The zero-order valence-corrected chi connectivity index (χ0v) is 13.4. The number of rotatable bonds is 3. The number of nitrogens with one attached hydrogen (secondary N) is 2. The predicted octanol–water partition coefficient (Wildman–Crippen LogP) is 3.01. The van der Waals surface area contributed by atoms with Crippen molar-refractivity contribution in [3.63, 3.8) is 0 Å². The van der Waals surface area contributed by atoms with Crippen molar-refractivity contribution in [1.29, 1.82) is 0 Å². The highest BCUT2D eigenvalue weighted by Gasteiger charge is 2.27. The van der Waals surface area contributed by atoms with Gasteiger partial charge in [0.15, 0.2) is 0 Å². The lowest BCUT2D eigenvalue weighted by Gasteiger charge is -2.34. The fourth-order valence-corrected chi connectivity index (χ4v) is 3.15. The normalized spacial score (nSPS) is 17.4. The van der Waals surface area contributed by atoms with Crippen molar-refractivity contribution < 1.29 is 4.79 Å². The van der Waals surface area contributed by atoms with Gasteiger partial charge in [-0.2, -0.15) is 0 Å². The Hall–Kier alpha value is -1.65. The standard InChI is InChI=1S/C17H20ClN3O/c1-17(4-7-19-8-5-17)11-21-16(22)14-10-13(18)9-12-3-2-6-20-15(12)14/h2-3,6,9-10,19H,4-5,7-8,11H2,1H3,(H,21,22). The largest absolute Gasteiger partial charge is 0.351 e. The molecule has 1 saturated heterocycles. The minimum atomic E-state index is -0.106. The molecule has 1 aliphatic heterocycles. The molecule has 0 saturated carbocycles. The molecular formula is C17H20ClN3O. The number of halogens is 1. The van der Waals surface area contributed by atoms with Gasteiger partial charge in [0.2, 0.25) is 0 Å². The van der Waals surface area contributed by atoms with Gasteiger partial charge in [0.05, 0.1) is 11.1 Å². The highest BCUT2D eigenvalue weighted by molar-refractivity contribution is 6.32. The van der Waals surface area contributed by atoms with Gasteiger partial charge in [-0.05, 0) is 49.5 Å². The van der Waals surface area contributed by atoms with Crippen LogP contribution >= 0.6 is 11.6 Å². The molecule has 2 aromatic rings. The van der Waals surface area contributed by atoms with Gasteiger partial charge < -0.3 is 10.6 Å². The van der Waals surface area contributed by atoms with Crippen LogP contribution in [0.2, 0.25) is 5.02 Å². The number of hydrogen-bond acceptors (Lipinski definition) is 3. The van der Waals surface area contributed by atoms with E-state index in [1.54, 1.807) is 12.3 Å². The summed E-state index contributed by atoms with van der Waals surface area (Å²) in [7, 11) is 0. The van der Waals surface area contributed by atoms with Gasteiger partial charge in [-0.3, -0.25) is 9.78 Å². The first-order chi connectivity index (χ1) is 10.6. The van der Waals surface area contributed by atoms with Crippen molar-refractivity contribution in [2.75, 3.05) is 19.6 Å². The molecule has 0 atom stereocenters. The van der Waals surface area contributed by atoms with Gasteiger partial charge in [0.25, 0.3) is 5.91 Å². The minimum absolute atomic E-state index is 0.106. The van der Waals surface area contributed by atoms with Crippen molar-refractivity contribution in [2.45, 2.75) is 19.8 Å². The smallest absolute Gasteiger partial charge is 0.253 e. The Kier molecular flexibility index (Phi) is 4.32. The quantitative estimate of drug-likeness (QED) is 0.915. The summed E-state index contributed by atoms with van der Waals surface area (Å²) < 4.78 is 0. The molecule has 5 heteroatoms. The zero-order chi connectivity index (χ0) is 15.6. The number of aromatic nitrogens is 1. The van der Waals surface area contributed by atoms with Gasteiger partial charge >= 0.3 is 0 Å². The maximum absolute atomic E-state index is 12.6. The van der Waals surface area contributed by atoms with Crippen LogP contribution in [0.15, 0.2) is 30.5 Å². The van der Waals surface area contributed by atoms with Gasteiger partial charge in [-0.1, -0.05) is 24.6 Å². The van der Waals surface area contributed by atoms with Crippen LogP contribution in [0.4, 0.5) is 0 Å². The SMILES string of the molecule is CC1(CNC(=O)c2cc(Cl)cc3cccnc23)CCNCC1. The van der Waals surface area contributed by atoms with E-state index in [0.717, 1.165) is 31.3 Å². The second-order valence-corrected chi connectivity index (χ2v) is 6.71. The topological polar surface area (TPSA) is 54.0 Å². The molecule has 4 nitrogen and oxygen atoms in total. The fourth-order valence-electron chi connectivity index (χ4n) is 2.92. The van der Waals surface area contributed by atoms with E-state index in [0.29, 0.717) is 22.6 Å². The number of fused-ring (bicyclic) bond motifs is 1. The molecule has 1 amide bonds. The molecule has 0 bridgehead atoms. The first kappa shape index (κ1) is 15.3. The van der Waals surface area contributed by atoms with Gasteiger partial charge in [-0.25, -0.2) is 0 Å². The van der Waals surface area contributed by atoms with E-state index in [-0.39, 0.29) is 11.3 Å². The third-order valence-electron chi connectivity index (χ3n) is 4.40. The van der Waals surface area contributed by atoms with Crippen LogP contribution in [0.1, 0.15) is 30.1 Å². The molecule has 1 aliphatic rings. The molecule has 0 aliphatic carbocycles. The van der Waals surface area contributed by atoms with Crippen molar-refractivity contribution in [3.05, 3.63) is 41.0 Å². The maximum atomic E-state index is 12.6. The van der Waals surface area contributed by atoms with E-state index < -0.39 is 0 Å². The lowest BCUT2D eigenvalue weighted by Crippen LogP contribution is -2.42. The van der Waals surface area contributed by atoms with Gasteiger partial charge in [0, 0.05) is 23.2 Å². The molecule has 0 radical (unpaired) electrons. The lowest BCUT2D eigenvalue weighted by atomic mass is 9.81.